The summed E-state index contributed by atoms with van der Waals surface area (Å²) in [5.41, 5.74) is 11.8. The van der Waals surface area contributed by atoms with Crippen molar-refractivity contribution >= 4 is 43.6 Å². The van der Waals surface area contributed by atoms with Crippen molar-refractivity contribution in [2.24, 2.45) is 10.8 Å². The largest absolute Gasteiger partial charge is 0.455 e. The van der Waals surface area contributed by atoms with Crippen molar-refractivity contribution in [1.29, 1.82) is 0 Å². The van der Waals surface area contributed by atoms with Gasteiger partial charge in [-0.1, -0.05) is 105 Å². The molecule has 2 heterocycles. The van der Waals surface area contributed by atoms with E-state index in [4.69, 9.17) is 9.40 Å². The summed E-state index contributed by atoms with van der Waals surface area (Å²) >= 11 is 0. The Morgan fingerprint density at radius 3 is 2.07 bits per heavy atom. The van der Waals surface area contributed by atoms with Gasteiger partial charge in [-0.2, -0.15) is 0 Å². The van der Waals surface area contributed by atoms with Crippen molar-refractivity contribution in [3.05, 3.63) is 88.5 Å². The monoisotopic (exact) mass is 569 g/mol. The van der Waals surface area contributed by atoms with E-state index < -0.39 is 0 Å². The number of hydrogen-bond donors (Lipinski definition) is 0. The third-order valence-electron chi connectivity index (χ3n) is 8.51. The van der Waals surface area contributed by atoms with Crippen molar-refractivity contribution in [1.82, 2.24) is 4.98 Å². The quantitative estimate of drug-likeness (QED) is 0.212. The van der Waals surface area contributed by atoms with Crippen LogP contribution in [0.5, 0.6) is 0 Å². The summed E-state index contributed by atoms with van der Waals surface area (Å²) in [5.74, 6) is 0. The fourth-order valence-corrected chi connectivity index (χ4v) is 6.91. The number of rotatable bonds is 3. The number of nitrogens with zero attached hydrogens (tertiary/aromatic N) is 1. The van der Waals surface area contributed by atoms with Crippen molar-refractivity contribution in [3.63, 3.8) is 0 Å². The Labute approximate surface area is 257 Å². The molecule has 0 saturated heterocycles. The Kier molecular flexibility index (Phi) is 6.80. The van der Waals surface area contributed by atoms with Gasteiger partial charge in [-0.25, -0.2) is 4.98 Å². The first-order chi connectivity index (χ1) is 20.0. The first-order valence-electron chi connectivity index (χ1n) is 15.8. The van der Waals surface area contributed by atoms with Gasteiger partial charge >= 0.3 is 0 Å². The van der Waals surface area contributed by atoms with Gasteiger partial charge in [0.1, 0.15) is 11.2 Å². The predicted octanol–water partition coefficient (Wildman–Crippen LogP) is 12.0. The highest BCUT2D eigenvalue weighted by molar-refractivity contribution is 6.20. The van der Waals surface area contributed by atoms with Gasteiger partial charge in [0, 0.05) is 16.3 Å². The molecule has 6 rings (SSSR count). The van der Waals surface area contributed by atoms with Crippen molar-refractivity contribution in [2.45, 2.75) is 94.4 Å². The number of furan rings is 1. The van der Waals surface area contributed by atoms with Crippen LogP contribution in [0.2, 0.25) is 0 Å². The second-order valence-corrected chi connectivity index (χ2v) is 16.3. The van der Waals surface area contributed by atoms with Crippen LogP contribution in [0.15, 0.2) is 65.1 Å². The van der Waals surface area contributed by atoms with Gasteiger partial charge in [0.15, 0.2) is 0 Å². The molecule has 2 heteroatoms. The van der Waals surface area contributed by atoms with Crippen molar-refractivity contribution in [2.75, 3.05) is 0 Å². The number of benzene rings is 4. The smallest absolute Gasteiger partial charge is 0.147 e. The molecule has 43 heavy (non-hydrogen) atoms. The van der Waals surface area contributed by atoms with E-state index in [2.05, 4.69) is 137 Å². The second kappa shape index (κ2) is 9.94. The molecule has 0 spiro atoms. The van der Waals surface area contributed by atoms with E-state index in [1.807, 2.05) is 0 Å². The van der Waals surface area contributed by atoms with Gasteiger partial charge in [0.05, 0.1) is 16.6 Å². The van der Waals surface area contributed by atoms with Crippen molar-refractivity contribution in [3.8, 4) is 11.3 Å². The lowest BCUT2D eigenvalue weighted by Crippen LogP contribution is -2.12. The number of hydrogen-bond acceptors (Lipinski definition) is 2. The first-order valence-corrected chi connectivity index (χ1v) is 15.8. The van der Waals surface area contributed by atoms with Gasteiger partial charge in [0.25, 0.3) is 0 Å². The minimum Gasteiger partial charge on any atom is -0.455 e. The van der Waals surface area contributed by atoms with E-state index in [9.17, 15) is 0 Å². The summed E-state index contributed by atoms with van der Waals surface area (Å²) in [7, 11) is 0. The molecule has 0 fully saturated rings. The fourth-order valence-electron chi connectivity index (χ4n) is 6.91. The molecule has 2 nitrogen and oxygen atoms in total. The van der Waals surface area contributed by atoms with Crippen LogP contribution in [-0.2, 0) is 18.3 Å². The molecule has 0 radical (unpaired) electrons. The van der Waals surface area contributed by atoms with Crippen LogP contribution in [0, 0.1) is 24.7 Å². The highest BCUT2D eigenvalue weighted by Crippen LogP contribution is 2.44. The van der Waals surface area contributed by atoms with Crippen LogP contribution >= 0.6 is 0 Å². The Hall–Kier alpha value is -3.65. The molecule has 0 N–H and O–H groups in total. The molecular formula is C41H47NO. The maximum absolute atomic E-state index is 6.94. The Balaban J connectivity index is 1.74. The molecule has 6 aromatic rings. The molecule has 2 aromatic heterocycles. The zero-order valence-corrected chi connectivity index (χ0v) is 28.0. The van der Waals surface area contributed by atoms with Gasteiger partial charge in [-0.3, -0.25) is 0 Å². The Bertz CT molecular complexity index is 2030. The number of para-hydroxylation sites is 1. The first kappa shape index (κ1) is 29.4. The zero-order chi connectivity index (χ0) is 31.1. The van der Waals surface area contributed by atoms with E-state index in [1.54, 1.807) is 0 Å². The lowest BCUT2D eigenvalue weighted by molar-refractivity contribution is 0.410. The summed E-state index contributed by atoms with van der Waals surface area (Å²) in [6, 6.07) is 22.9. The normalized spacial score (nSPS) is 13.2. The molecule has 0 aliphatic carbocycles. The molecule has 0 unspecified atom stereocenters. The Morgan fingerprint density at radius 1 is 0.674 bits per heavy atom. The maximum Gasteiger partial charge on any atom is 0.147 e. The minimum atomic E-state index is -0.0265. The van der Waals surface area contributed by atoms with E-state index in [-0.39, 0.29) is 16.2 Å². The third-order valence-corrected chi connectivity index (χ3v) is 8.51. The van der Waals surface area contributed by atoms with Crippen LogP contribution in [0.3, 0.4) is 0 Å². The molecule has 0 aliphatic heterocycles. The third kappa shape index (κ3) is 5.57. The van der Waals surface area contributed by atoms with Crippen LogP contribution in [-0.4, -0.2) is 4.98 Å². The SMILES string of the molecule is Cc1cc(C)c2c(c1)nc(-c1cc(C(C)(C)C)c3ccc(CC(C)(C)C)cc3c1)c1c3cccc(CC(C)(C)C)c3oc21. The molecule has 0 amide bonds. The number of fused-ring (bicyclic) bond motifs is 6. The molecule has 0 aliphatic rings. The maximum atomic E-state index is 6.94. The molecule has 222 valence electrons. The van der Waals surface area contributed by atoms with Crippen LogP contribution < -0.4 is 0 Å². The lowest BCUT2D eigenvalue weighted by atomic mass is 9.81. The summed E-state index contributed by atoms with van der Waals surface area (Å²) in [5, 5.41) is 5.99. The standard InChI is InChI=1S/C41H47NO/c1-24-17-25(2)34-33(18-24)42-36(35-31-14-12-13-27(23-40(6,7)8)37(31)43-38(34)35)29-20-28-19-26(22-39(3,4)5)15-16-30(28)32(21-29)41(9,10)11/h12-21H,22-23H2,1-11H3. The highest BCUT2D eigenvalue weighted by Gasteiger charge is 2.25. The summed E-state index contributed by atoms with van der Waals surface area (Å²) in [6.45, 7) is 25.1. The summed E-state index contributed by atoms with van der Waals surface area (Å²) in [4.78, 5) is 5.47. The average molecular weight is 570 g/mol. The predicted molar refractivity (Wildman–Crippen MR) is 186 cm³/mol. The van der Waals surface area contributed by atoms with Gasteiger partial charge < -0.3 is 4.42 Å². The number of pyridine rings is 1. The van der Waals surface area contributed by atoms with Crippen LogP contribution in [0.25, 0.3) is 54.9 Å². The van der Waals surface area contributed by atoms with Crippen molar-refractivity contribution < 1.29 is 4.42 Å². The molecule has 0 bridgehead atoms. The van der Waals surface area contributed by atoms with E-state index in [0.29, 0.717) is 0 Å². The highest BCUT2D eigenvalue weighted by atomic mass is 16.3. The molecule has 0 saturated carbocycles. The van der Waals surface area contributed by atoms with E-state index in [1.165, 1.54) is 38.6 Å². The van der Waals surface area contributed by atoms with E-state index >= 15 is 0 Å². The average Bonchev–Trinajstić information content (AvgIpc) is 3.25. The fraction of sp³-hybridized carbons (Fsp3) is 0.390. The number of aromatic nitrogens is 1. The second-order valence-electron chi connectivity index (χ2n) is 16.3. The number of aryl methyl sites for hydroxylation is 2. The summed E-state index contributed by atoms with van der Waals surface area (Å²) in [6.07, 6.45) is 1.99. The zero-order valence-electron chi connectivity index (χ0n) is 28.0. The van der Waals surface area contributed by atoms with Gasteiger partial charge in [-0.15, -0.1) is 0 Å². The lowest BCUT2D eigenvalue weighted by Gasteiger charge is -2.24. The van der Waals surface area contributed by atoms with Crippen LogP contribution in [0.1, 0.15) is 90.1 Å². The molecule has 0 atom stereocenters. The molecular weight excluding hydrogens is 522 g/mol. The van der Waals surface area contributed by atoms with Gasteiger partial charge in [0.2, 0.25) is 0 Å². The minimum absolute atomic E-state index is 0.0265. The molecule has 4 aromatic carbocycles. The van der Waals surface area contributed by atoms with Crippen LogP contribution in [0.4, 0.5) is 0 Å². The topological polar surface area (TPSA) is 26.0 Å². The van der Waals surface area contributed by atoms with E-state index in [0.717, 1.165) is 56.9 Å². The summed E-state index contributed by atoms with van der Waals surface area (Å²) < 4.78 is 6.94. The van der Waals surface area contributed by atoms with Gasteiger partial charge in [-0.05, 0) is 99.7 Å². The Morgan fingerprint density at radius 2 is 1.40 bits per heavy atom.